The predicted molar refractivity (Wildman–Crippen MR) is 54.2 cm³/mol. The highest BCUT2D eigenvalue weighted by Crippen LogP contribution is 2.41. The number of carbonyl (C=O) groups is 2. The van der Waals surface area contributed by atoms with Gasteiger partial charge in [-0.1, -0.05) is 0 Å². The fourth-order valence-electron chi connectivity index (χ4n) is 2.41. The first kappa shape index (κ1) is 10.5. The van der Waals surface area contributed by atoms with E-state index in [9.17, 15) is 9.59 Å². The molecule has 15 heavy (non-hydrogen) atoms. The van der Waals surface area contributed by atoms with Gasteiger partial charge in [0.05, 0.1) is 0 Å². The second-order valence-corrected chi connectivity index (χ2v) is 5.24. The van der Waals surface area contributed by atoms with Crippen molar-refractivity contribution in [3.63, 3.8) is 0 Å². The molecule has 1 aliphatic carbocycles. The van der Waals surface area contributed by atoms with Crippen LogP contribution >= 0.6 is 0 Å². The van der Waals surface area contributed by atoms with Gasteiger partial charge in [0.15, 0.2) is 0 Å². The number of likely N-dealkylation sites (tertiary alicyclic amines) is 1. The molecule has 2 unspecified atom stereocenters. The first-order valence-electron chi connectivity index (χ1n) is 5.45. The van der Waals surface area contributed by atoms with Gasteiger partial charge in [-0.2, -0.15) is 0 Å². The molecule has 2 fully saturated rings. The maximum absolute atomic E-state index is 12.0. The third-order valence-corrected chi connectivity index (χ3v) is 3.84. The summed E-state index contributed by atoms with van der Waals surface area (Å²) in [6, 6.07) is 0. The van der Waals surface area contributed by atoms with Crippen LogP contribution in [-0.4, -0.2) is 35.0 Å². The SMILES string of the molecule is CC(C)(C(=O)O)C(=O)N1CC2CCC2C1. The summed E-state index contributed by atoms with van der Waals surface area (Å²) >= 11 is 0. The van der Waals surface area contributed by atoms with Gasteiger partial charge in [-0.05, 0) is 38.5 Å². The molecule has 0 radical (unpaired) electrons. The summed E-state index contributed by atoms with van der Waals surface area (Å²) in [5.41, 5.74) is -1.27. The fourth-order valence-corrected chi connectivity index (χ4v) is 2.41. The number of rotatable bonds is 2. The van der Waals surface area contributed by atoms with E-state index in [4.69, 9.17) is 5.11 Å². The van der Waals surface area contributed by atoms with Crippen LogP contribution in [0, 0.1) is 17.3 Å². The Morgan fingerprint density at radius 2 is 1.67 bits per heavy atom. The molecule has 1 heterocycles. The number of carboxylic acid groups (broad SMARTS) is 1. The summed E-state index contributed by atoms with van der Waals surface area (Å²) in [7, 11) is 0. The molecular weight excluding hydrogens is 194 g/mol. The van der Waals surface area contributed by atoms with E-state index in [1.807, 2.05) is 0 Å². The minimum atomic E-state index is -1.27. The first-order chi connectivity index (χ1) is 6.93. The Labute approximate surface area is 89.3 Å². The summed E-state index contributed by atoms with van der Waals surface area (Å²) in [6.07, 6.45) is 2.39. The molecule has 1 amide bonds. The van der Waals surface area contributed by atoms with Crippen LogP contribution in [0.1, 0.15) is 26.7 Å². The van der Waals surface area contributed by atoms with E-state index in [0.717, 1.165) is 13.1 Å². The maximum Gasteiger partial charge on any atom is 0.318 e. The van der Waals surface area contributed by atoms with E-state index < -0.39 is 11.4 Å². The molecule has 1 saturated heterocycles. The monoisotopic (exact) mass is 211 g/mol. The smallest absolute Gasteiger partial charge is 0.318 e. The van der Waals surface area contributed by atoms with Crippen molar-refractivity contribution in [3.05, 3.63) is 0 Å². The van der Waals surface area contributed by atoms with Gasteiger partial charge in [0, 0.05) is 13.1 Å². The quantitative estimate of drug-likeness (QED) is 0.692. The van der Waals surface area contributed by atoms with Gasteiger partial charge in [-0.3, -0.25) is 9.59 Å². The molecule has 0 aromatic heterocycles. The minimum absolute atomic E-state index is 0.232. The molecule has 4 nitrogen and oxygen atoms in total. The Morgan fingerprint density at radius 3 is 2.00 bits per heavy atom. The van der Waals surface area contributed by atoms with Crippen molar-refractivity contribution < 1.29 is 14.7 Å². The van der Waals surface area contributed by atoms with Gasteiger partial charge in [0.2, 0.25) is 5.91 Å². The molecule has 0 aromatic carbocycles. The van der Waals surface area contributed by atoms with Crippen molar-refractivity contribution in [2.24, 2.45) is 17.3 Å². The van der Waals surface area contributed by atoms with Gasteiger partial charge in [0.25, 0.3) is 0 Å². The van der Waals surface area contributed by atoms with Gasteiger partial charge in [-0.25, -0.2) is 0 Å². The van der Waals surface area contributed by atoms with Crippen LogP contribution in [-0.2, 0) is 9.59 Å². The minimum Gasteiger partial charge on any atom is -0.480 e. The van der Waals surface area contributed by atoms with Crippen LogP contribution < -0.4 is 0 Å². The van der Waals surface area contributed by atoms with Crippen molar-refractivity contribution in [3.8, 4) is 0 Å². The molecule has 2 atom stereocenters. The molecule has 0 aromatic rings. The Balaban J connectivity index is 2.05. The summed E-state index contributed by atoms with van der Waals surface area (Å²) in [5.74, 6) is 0.00763. The molecule has 1 saturated carbocycles. The lowest BCUT2D eigenvalue weighted by atomic mass is 9.77. The highest BCUT2D eigenvalue weighted by molar-refractivity contribution is 6.01. The number of hydrogen-bond donors (Lipinski definition) is 1. The van der Waals surface area contributed by atoms with E-state index in [0.29, 0.717) is 11.8 Å². The summed E-state index contributed by atoms with van der Waals surface area (Å²) < 4.78 is 0. The first-order valence-corrected chi connectivity index (χ1v) is 5.45. The van der Waals surface area contributed by atoms with Gasteiger partial charge in [0.1, 0.15) is 5.41 Å². The molecule has 2 rings (SSSR count). The molecule has 4 heteroatoms. The lowest BCUT2D eigenvalue weighted by Crippen LogP contribution is -2.44. The lowest BCUT2D eigenvalue weighted by molar-refractivity contribution is -0.157. The van der Waals surface area contributed by atoms with Crippen LogP contribution in [0.3, 0.4) is 0 Å². The van der Waals surface area contributed by atoms with E-state index in [1.165, 1.54) is 26.7 Å². The third-order valence-electron chi connectivity index (χ3n) is 3.84. The average molecular weight is 211 g/mol. The lowest BCUT2D eigenvalue weighted by Gasteiger charge is -2.27. The van der Waals surface area contributed by atoms with E-state index in [1.54, 1.807) is 4.90 Å². The summed E-state index contributed by atoms with van der Waals surface area (Å²) in [4.78, 5) is 24.7. The van der Waals surface area contributed by atoms with Gasteiger partial charge < -0.3 is 10.0 Å². The predicted octanol–water partition coefficient (Wildman–Crippen LogP) is 0.966. The second kappa shape index (κ2) is 3.22. The number of hydrogen-bond acceptors (Lipinski definition) is 2. The van der Waals surface area contributed by atoms with E-state index in [2.05, 4.69) is 0 Å². The standard InChI is InChI=1S/C11H17NO3/c1-11(2,10(14)15)9(13)12-5-7-3-4-8(7)6-12/h7-8H,3-6H2,1-2H3,(H,14,15). The van der Waals surface area contributed by atoms with Crippen LogP contribution in [0.25, 0.3) is 0 Å². The number of fused-ring (bicyclic) bond motifs is 1. The maximum atomic E-state index is 12.0. The number of amides is 1. The fraction of sp³-hybridized carbons (Fsp3) is 0.818. The van der Waals surface area contributed by atoms with E-state index >= 15 is 0 Å². The molecule has 0 bridgehead atoms. The highest BCUT2D eigenvalue weighted by atomic mass is 16.4. The van der Waals surface area contributed by atoms with Crippen molar-refractivity contribution in [1.82, 2.24) is 4.90 Å². The molecule has 84 valence electrons. The molecule has 1 aliphatic heterocycles. The zero-order valence-corrected chi connectivity index (χ0v) is 9.19. The van der Waals surface area contributed by atoms with Crippen molar-refractivity contribution in [2.45, 2.75) is 26.7 Å². The van der Waals surface area contributed by atoms with Crippen LogP contribution in [0.4, 0.5) is 0 Å². The zero-order valence-electron chi connectivity index (χ0n) is 9.19. The average Bonchev–Trinajstić information content (AvgIpc) is 2.41. The van der Waals surface area contributed by atoms with Crippen molar-refractivity contribution in [2.75, 3.05) is 13.1 Å². The van der Waals surface area contributed by atoms with Gasteiger partial charge in [-0.15, -0.1) is 0 Å². The Hall–Kier alpha value is -1.06. The Morgan fingerprint density at radius 1 is 1.20 bits per heavy atom. The molecular formula is C11H17NO3. The number of carbonyl (C=O) groups excluding carboxylic acids is 1. The number of aliphatic carboxylic acids is 1. The second-order valence-electron chi connectivity index (χ2n) is 5.24. The third kappa shape index (κ3) is 1.52. The topological polar surface area (TPSA) is 57.6 Å². The molecule has 0 spiro atoms. The molecule has 2 aliphatic rings. The van der Waals surface area contributed by atoms with Crippen molar-refractivity contribution >= 4 is 11.9 Å². The normalized spacial score (nSPS) is 29.6. The zero-order chi connectivity index (χ0) is 11.2. The Kier molecular flexibility index (Phi) is 2.24. The van der Waals surface area contributed by atoms with Crippen molar-refractivity contribution in [1.29, 1.82) is 0 Å². The summed E-state index contributed by atoms with van der Waals surface area (Å²) in [5, 5.41) is 8.97. The highest BCUT2D eigenvalue weighted by Gasteiger charge is 2.46. The van der Waals surface area contributed by atoms with Crippen LogP contribution in [0.15, 0.2) is 0 Å². The van der Waals surface area contributed by atoms with E-state index in [-0.39, 0.29) is 5.91 Å². The Bertz CT molecular complexity index is 299. The summed E-state index contributed by atoms with van der Waals surface area (Å²) in [6.45, 7) is 4.50. The van der Waals surface area contributed by atoms with Crippen LogP contribution in [0.5, 0.6) is 0 Å². The number of carboxylic acids is 1. The van der Waals surface area contributed by atoms with Gasteiger partial charge >= 0.3 is 5.97 Å². The molecule has 1 N–H and O–H groups in total. The van der Waals surface area contributed by atoms with Crippen LogP contribution in [0.2, 0.25) is 0 Å². The largest absolute Gasteiger partial charge is 0.480 e. The number of nitrogens with zero attached hydrogens (tertiary/aromatic N) is 1.